The third-order valence-corrected chi connectivity index (χ3v) is 4.98. The number of carbonyl (C=O) groups is 2. The molecule has 172 valence electrons. The van der Waals surface area contributed by atoms with Crippen molar-refractivity contribution in [3.05, 3.63) is 84.4 Å². The number of ether oxygens (including phenoxy) is 1. The summed E-state index contributed by atoms with van der Waals surface area (Å²) >= 11 is 0. The van der Waals surface area contributed by atoms with Crippen molar-refractivity contribution in [3.63, 3.8) is 0 Å². The smallest absolute Gasteiger partial charge is 0.319 e. The number of hydrogen-bond donors (Lipinski definition) is 4. The van der Waals surface area contributed by atoms with Gasteiger partial charge in [0.05, 0.1) is 0 Å². The number of benzene rings is 3. The molecule has 1 atom stereocenters. The van der Waals surface area contributed by atoms with Crippen LogP contribution in [0.2, 0.25) is 0 Å². The molecule has 7 nitrogen and oxygen atoms in total. The molecule has 3 rings (SSSR count). The normalized spacial score (nSPS) is 11.3. The van der Waals surface area contributed by atoms with Crippen LogP contribution in [0.1, 0.15) is 24.8 Å². The van der Waals surface area contributed by atoms with Crippen molar-refractivity contribution >= 4 is 23.3 Å². The zero-order valence-corrected chi connectivity index (χ0v) is 18.7. The van der Waals surface area contributed by atoms with E-state index in [0.29, 0.717) is 30.1 Å². The van der Waals surface area contributed by atoms with Crippen LogP contribution < -0.4 is 26.4 Å². The van der Waals surface area contributed by atoms with E-state index >= 15 is 0 Å². The summed E-state index contributed by atoms with van der Waals surface area (Å²) in [5.74, 6) is 1.12. The van der Waals surface area contributed by atoms with E-state index in [4.69, 9.17) is 10.5 Å². The first-order chi connectivity index (χ1) is 16.0. The van der Waals surface area contributed by atoms with E-state index in [0.717, 1.165) is 24.2 Å². The van der Waals surface area contributed by atoms with Gasteiger partial charge in [0.15, 0.2) is 0 Å². The van der Waals surface area contributed by atoms with Gasteiger partial charge in [-0.3, -0.25) is 4.79 Å². The predicted octanol–water partition coefficient (Wildman–Crippen LogP) is 5.05. The van der Waals surface area contributed by atoms with Gasteiger partial charge in [-0.15, -0.1) is 0 Å². The summed E-state index contributed by atoms with van der Waals surface area (Å²) in [6.07, 6.45) is 2.00. The molecule has 0 aliphatic rings. The van der Waals surface area contributed by atoms with Gasteiger partial charge in [-0.05, 0) is 81.3 Å². The van der Waals surface area contributed by atoms with Gasteiger partial charge in [-0.1, -0.05) is 35.9 Å². The van der Waals surface area contributed by atoms with Gasteiger partial charge in [0.2, 0.25) is 5.91 Å². The summed E-state index contributed by atoms with van der Waals surface area (Å²) in [5, 5.41) is 8.41. The van der Waals surface area contributed by atoms with Crippen LogP contribution in [-0.2, 0) is 4.79 Å². The molecule has 0 aliphatic carbocycles. The van der Waals surface area contributed by atoms with Crippen LogP contribution >= 0.6 is 0 Å². The lowest BCUT2D eigenvalue weighted by Crippen LogP contribution is -2.45. The molecule has 0 fully saturated rings. The first-order valence-corrected chi connectivity index (χ1v) is 11.0. The SMILES string of the molecule is Cc1ccc(NC(=O)[C@H](CCCCN)NC(=O)Nc2ccc(Oc3ccccc3)cc2)cc1. The van der Waals surface area contributed by atoms with Gasteiger partial charge in [0.1, 0.15) is 17.5 Å². The maximum atomic E-state index is 12.8. The van der Waals surface area contributed by atoms with Crippen LogP contribution in [0.15, 0.2) is 78.9 Å². The lowest BCUT2D eigenvalue weighted by molar-refractivity contribution is -0.118. The van der Waals surface area contributed by atoms with Crippen LogP contribution in [0, 0.1) is 6.92 Å². The van der Waals surface area contributed by atoms with E-state index in [-0.39, 0.29) is 5.91 Å². The molecule has 3 aromatic rings. The van der Waals surface area contributed by atoms with Gasteiger partial charge >= 0.3 is 6.03 Å². The minimum Gasteiger partial charge on any atom is -0.457 e. The van der Waals surface area contributed by atoms with Crippen molar-refractivity contribution in [2.24, 2.45) is 5.73 Å². The van der Waals surface area contributed by atoms with E-state index in [1.165, 1.54) is 0 Å². The Morgan fingerprint density at radius 1 is 0.818 bits per heavy atom. The van der Waals surface area contributed by atoms with E-state index in [1.54, 1.807) is 24.3 Å². The van der Waals surface area contributed by atoms with Crippen molar-refractivity contribution in [3.8, 4) is 11.5 Å². The van der Waals surface area contributed by atoms with E-state index in [9.17, 15) is 9.59 Å². The zero-order valence-electron chi connectivity index (χ0n) is 18.7. The Labute approximate surface area is 194 Å². The number of unbranched alkanes of at least 4 members (excludes halogenated alkanes) is 1. The fraction of sp³-hybridized carbons (Fsp3) is 0.231. The van der Waals surface area contributed by atoms with Gasteiger partial charge in [-0.2, -0.15) is 0 Å². The minimum atomic E-state index is -0.682. The second kappa shape index (κ2) is 12.3. The number of carbonyl (C=O) groups excluding carboxylic acids is 2. The molecule has 0 unspecified atom stereocenters. The standard InChI is InChI=1S/C26H30N4O3/c1-19-10-12-20(13-11-19)28-25(31)24(9-5-6-18-27)30-26(32)29-21-14-16-23(17-15-21)33-22-7-3-2-4-8-22/h2-4,7-8,10-17,24H,5-6,9,18,27H2,1H3,(H,28,31)(H2,29,30,32)/t24-/m0/s1. The number of nitrogens with two attached hydrogens (primary N) is 1. The Morgan fingerprint density at radius 2 is 1.42 bits per heavy atom. The second-order valence-electron chi connectivity index (χ2n) is 7.73. The molecular formula is C26H30N4O3. The van der Waals surface area contributed by atoms with Crippen molar-refractivity contribution in [2.75, 3.05) is 17.2 Å². The highest BCUT2D eigenvalue weighted by Gasteiger charge is 2.20. The van der Waals surface area contributed by atoms with Gasteiger partial charge < -0.3 is 26.4 Å². The third kappa shape index (κ3) is 7.97. The molecule has 33 heavy (non-hydrogen) atoms. The number of aryl methyl sites for hydroxylation is 1. The highest BCUT2D eigenvalue weighted by molar-refractivity contribution is 5.99. The maximum Gasteiger partial charge on any atom is 0.319 e. The van der Waals surface area contributed by atoms with E-state index < -0.39 is 12.1 Å². The van der Waals surface area contributed by atoms with Crippen LogP contribution in [-0.4, -0.2) is 24.5 Å². The molecule has 0 heterocycles. The molecule has 3 amide bonds. The lowest BCUT2D eigenvalue weighted by atomic mass is 10.1. The molecular weight excluding hydrogens is 416 g/mol. The fourth-order valence-electron chi connectivity index (χ4n) is 3.18. The molecule has 0 saturated carbocycles. The molecule has 0 bridgehead atoms. The first kappa shape index (κ1) is 23.8. The van der Waals surface area contributed by atoms with Crippen LogP contribution in [0.3, 0.4) is 0 Å². The molecule has 0 saturated heterocycles. The lowest BCUT2D eigenvalue weighted by Gasteiger charge is -2.19. The molecule has 3 aromatic carbocycles. The van der Waals surface area contributed by atoms with Crippen molar-refractivity contribution in [1.29, 1.82) is 0 Å². The first-order valence-electron chi connectivity index (χ1n) is 11.0. The molecule has 7 heteroatoms. The fourth-order valence-corrected chi connectivity index (χ4v) is 3.18. The highest BCUT2D eigenvalue weighted by Crippen LogP contribution is 2.22. The third-order valence-electron chi connectivity index (χ3n) is 4.98. The van der Waals surface area contributed by atoms with Gasteiger partial charge in [-0.25, -0.2) is 4.79 Å². The second-order valence-corrected chi connectivity index (χ2v) is 7.73. The topological polar surface area (TPSA) is 105 Å². The molecule has 5 N–H and O–H groups in total. The number of urea groups is 1. The maximum absolute atomic E-state index is 12.8. The molecule has 0 aliphatic heterocycles. The number of nitrogens with one attached hydrogen (secondary N) is 3. The summed E-state index contributed by atoms with van der Waals surface area (Å²) in [5.41, 5.74) is 7.96. The average Bonchev–Trinajstić information content (AvgIpc) is 2.82. The predicted molar refractivity (Wildman–Crippen MR) is 132 cm³/mol. The Kier molecular flexibility index (Phi) is 8.85. The van der Waals surface area contributed by atoms with Crippen molar-refractivity contribution < 1.29 is 14.3 Å². The summed E-state index contributed by atoms with van der Waals surface area (Å²) in [6, 6.07) is 22.9. The Morgan fingerprint density at radius 3 is 2.09 bits per heavy atom. The number of para-hydroxylation sites is 1. The summed E-state index contributed by atoms with van der Waals surface area (Å²) < 4.78 is 5.76. The van der Waals surface area contributed by atoms with Crippen LogP contribution in [0.4, 0.5) is 16.2 Å². The number of hydrogen-bond acceptors (Lipinski definition) is 4. The number of amides is 3. The van der Waals surface area contributed by atoms with Crippen LogP contribution in [0.25, 0.3) is 0 Å². The Balaban J connectivity index is 1.57. The van der Waals surface area contributed by atoms with Crippen molar-refractivity contribution in [2.45, 2.75) is 32.2 Å². The zero-order chi connectivity index (χ0) is 23.5. The highest BCUT2D eigenvalue weighted by atomic mass is 16.5. The molecule has 0 spiro atoms. The summed E-state index contributed by atoms with van der Waals surface area (Å²) in [7, 11) is 0. The largest absolute Gasteiger partial charge is 0.457 e. The van der Waals surface area contributed by atoms with Gasteiger partial charge in [0, 0.05) is 11.4 Å². The summed E-state index contributed by atoms with van der Waals surface area (Å²) in [4.78, 5) is 25.4. The van der Waals surface area contributed by atoms with Crippen molar-refractivity contribution in [1.82, 2.24) is 5.32 Å². The van der Waals surface area contributed by atoms with Crippen LogP contribution in [0.5, 0.6) is 11.5 Å². The minimum absolute atomic E-state index is 0.266. The average molecular weight is 447 g/mol. The quantitative estimate of drug-likeness (QED) is 0.327. The Hall–Kier alpha value is -3.84. The molecule has 0 radical (unpaired) electrons. The summed E-state index contributed by atoms with van der Waals surface area (Å²) in [6.45, 7) is 2.52. The monoisotopic (exact) mass is 446 g/mol. The van der Waals surface area contributed by atoms with Gasteiger partial charge in [0.25, 0.3) is 0 Å². The molecule has 0 aromatic heterocycles. The van der Waals surface area contributed by atoms with E-state index in [2.05, 4.69) is 16.0 Å². The van der Waals surface area contributed by atoms with E-state index in [1.807, 2.05) is 61.5 Å². The Bertz CT molecular complexity index is 1020. The number of anilines is 2. The number of rotatable bonds is 10.